The van der Waals surface area contributed by atoms with Gasteiger partial charge in [-0.3, -0.25) is 15.0 Å². The second-order valence-corrected chi connectivity index (χ2v) is 10.2. The first-order valence-electron chi connectivity index (χ1n) is 12.7. The Hall–Kier alpha value is -3.53. The number of hydrogen-bond acceptors (Lipinski definition) is 8. The minimum Gasteiger partial charge on any atom is -0.497 e. The van der Waals surface area contributed by atoms with E-state index in [9.17, 15) is 4.79 Å². The first-order chi connectivity index (χ1) is 18.5. The summed E-state index contributed by atoms with van der Waals surface area (Å²) >= 11 is 1.49. The zero-order valence-electron chi connectivity index (χ0n) is 22.1. The topological polar surface area (TPSA) is 89.9 Å². The van der Waals surface area contributed by atoms with E-state index in [0.717, 1.165) is 29.2 Å². The molecule has 3 N–H and O–H groups in total. The van der Waals surface area contributed by atoms with Gasteiger partial charge in [-0.15, -0.1) is 4.47 Å². The molecule has 3 aromatic carbocycles. The van der Waals surface area contributed by atoms with Crippen LogP contribution in [-0.4, -0.2) is 50.4 Å². The molecule has 0 saturated carbocycles. The number of rotatable bonds is 11. The third-order valence-electron chi connectivity index (χ3n) is 6.47. The average Bonchev–Trinajstić information content (AvgIpc) is 2.97. The van der Waals surface area contributed by atoms with Crippen LogP contribution in [0.1, 0.15) is 30.4 Å². The summed E-state index contributed by atoms with van der Waals surface area (Å²) < 4.78 is 7.05. The summed E-state index contributed by atoms with van der Waals surface area (Å²) in [4.78, 5) is 21.6. The van der Waals surface area contributed by atoms with Gasteiger partial charge in [-0.05, 0) is 91.4 Å². The largest absolute Gasteiger partial charge is 0.497 e. The molecular weight excluding hydrogens is 498 g/mol. The van der Waals surface area contributed by atoms with Crippen LogP contribution in [0.2, 0.25) is 0 Å². The van der Waals surface area contributed by atoms with Gasteiger partial charge in [0.15, 0.2) is 0 Å². The maximum atomic E-state index is 13.0. The molecule has 0 bridgehead atoms. The second kappa shape index (κ2) is 13.3. The Morgan fingerprint density at radius 1 is 1.00 bits per heavy atom. The summed E-state index contributed by atoms with van der Waals surface area (Å²) in [6, 6.07) is 21.3. The molecule has 4 rings (SSSR count). The van der Waals surface area contributed by atoms with Gasteiger partial charge in [0.2, 0.25) is 0 Å². The van der Waals surface area contributed by atoms with Crippen molar-refractivity contribution in [3.63, 3.8) is 0 Å². The van der Waals surface area contributed by atoms with Gasteiger partial charge in [-0.1, -0.05) is 12.1 Å². The van der Waals surface area contributed by atoms with Crippen LogP contribution >= 0.6 is 11.9 Å². The Balaban J connectivity index is 1.42. The van der Waals surface area contributed by atoms with Gasteiger partial charge >= 0.3 is 0 Å². The lowest BCUT2D eigenvalue weighted by Crippen LogP contribution is -2.29. The highest BCUT2D eigenvalue weighted by molar-refractivity contribution is 7.96. The Labute approximate surface area is 228 Å². The van der Waals surface area contributed by atoms with E-state index < -0.39 is 5.91 Å². The van der Waals surface area contributed by atoms with Crippen molar-refractivity contribution in [2.75, 3.05) is 49.9 Å². The molecule has 1 heterocycles. The van der Waals surface area contributed by atoms with Gasteiger partial charge in [-0.2, -0.15) is 0 Å². The fourth-order valence-corrected chi connectivity index (χ4v) is 4.92. The number of carbonyl (C=O) groups excluding carboxylic acids is 1. The summed E-state index contributed by atoms with van der Waals surface area (Å²) in [6.45, 7) is 2.67. The summed E-state index contributed by atoms with van der Waals surface area (Å²) in [5, 5.41) is 14.9. The Morgan fingerprint density at radius 2 is 1.71 bits per heavy atom. The molecule has 3 aromatic rings. The van der Waals surface area contributed by atoms with Crippen molar-refractivity contribution < 1.29 is 14.4 Å². The van der Waals surface area contributed by atoms with Gasteiger partial charge in [0.25, 0.3) is 5.91 Å². The average molecular weight is 534 g/mol. The highest BCUT2D eigenvalue weighted by atomic mass is 32.2. The maximum Gasteiger partial charge on any atom is 0.274 e. The summed E-state index contributed by atoms with van der Waals surface area (Å²) in [6.07, 6.45) is 3.71. The van der Waals surface area contributed by atoms with Gasteiger partial charge in [0.05, 0.1) is 14.2 Å². The smallest absolute Gasteiger partial charge is 0.274 e. The maximum absolute atomic E-state index is 13.0. The molecule has 1 saturated heterocycles. The molecule has 38 heavy (non-hydrogen) atoms. The van der Waals surface area contributed by atoms with Crippen molar-refractivity contribution in [2.45, 2.75) is 30.7 Å². The van der Waals surface area contributed by atoms with Crippen LogP contribution < -0.4 is 20.3 Å². The molecule has 0 unspecified atom stereocenters. The molecule has 1 fully saturated rings. The van der Waals surface area contributed by atoms with Crippen LogP contribution in [-0.2, 0) is 16.2 Å². The molecule has 0 aromatic heterocycles. The molecule has 200 valence electrons. The number of carbonyl (C=O) groups is 1. The van der Waals surface area contributed by atoms with E-state index in [1.807, 2.05) is 67.7 Å². The van der Waals surface area contributed by atoms with Gasteiger partial charge in [0, 0.05) is 54.2 Å². The molecule has 9 heteroatoms. The van der Waals surface area contributed by atoms with Crippen molar-refractivity contribution in [3.8, 4) is 5.75 Å². The summed E-state index contributed by atoms with van der Waals surface area (Å²) in [5.41, 5.74) is 3.91. The monoisotopic (exact) mass is 533 g/mol. The molecule has 0 spiro atoms. The van der Waals surface area contributed by atoms with E-state index in [2.05, 4.69) is 15.5 Å². The van der Waals surface area contributed by atoms with Crippen molar-refractivity contribution in [2.24, 2.45) is 0 Å². The molecule has 1 amide bonds. The van der Waals surface area contributed by atoms with E-state index in [0.29, 0.717) is 29.2 Å². The number of piperidine rings is 1. The van der Waals surface area contributed by atoms with E-state index in [1.165, 1.54) is 31.2 Å². The number of anilines is 3. The number of benzene rings is 3. The highest BCUT2D eigenvalue weighted by Gasteiger charge is 2.18. The summed E-state index contributed by atoms with van der Waals surface area (Å²) in [5.74, 6) is 0.105. The molecule has 1 aliphatic heterocycles. The molecule has 0 radical (unpaired) electrons. The fraction of sp³-hybridized carbons (Fsp3) is 0.310. The van der Waals surface area contributed by atoms with Crippen LogP contribution in [0.5, 0.6) is 5.75 Å². The zero-order valence-corrected chi connectivity index (χ0v) is 22.9. The predicted molar refractivity (Wildman–Crippen MR) is 155 cm³/mol. The van der Waals surface area contributed by atoms with Gasteiger partial charge < -0.3 is 20.3 Å². The number of methoxy groups -OCH3 is 1. The van der Waals surface area contributed by atoms with Crippen LogP contribution in [0.4, 0.5) is 17.1 Å². The number of ether oxygens (including phenoxy) is 1. The lowest BCUT2D eigenvalue weighted by atomic mass is 10.1. The predicted octanol–water partition coefficient (Wildman–Crippen LogP) is 5.80. The quantitative estimate of drug-likeness (QED) is 0.163. The third kappa shape index (κ3) is 7.28. The lowest BCUT2D eigenvalue weighted by molar-refractivity contribution is -0.110. The normalized spacial score (nSPS) is 13.3. The van der Waals surface area contributed by atoms with Gasteiger partial charge in [0.1, 0.15) is 11.5 Å². The third-order valence-corrected chi connectivity index (χ3v) is 7.36. The number of nitrogens with zero attached hydrogens (tertiary/aromatic N) is 2. The fourth-order valence-electron chi connectivity index (χ4n) is 4.29. The molecule has 8 nitrogen and oxygen atoms in total. The number of amides is 1. The highest BCUT2D eigenvalue weighted by Crippen LogP contribution is 2.26. The Morgan fingerprint density at radius 3 is 2.37 bits per heavy atom. The Bertz CT molecular complexity index is 1230. The Kier molecular flexibility index (Phi) is 9.64. The molecular formula is C29H35N5O3S. The van der Waals surface area contributed by atoms with Crippen LogP contribution in [0, 0.1) is 5.41 Å². The van der Waals surface area contributed by atoms with Crippen molar-refractivity contribution in [3.05, 3.63) is 77.9 Å². The van der Waals surface area contributed by atoms with Crippen molar-refractivity contribution in [1.82, 2.24) is 4.47 Å². The second-order valence-electron chi connectivity index (χ2n) is 9.05. The van der Waals surface area contributed by atoms with E-state index in [1.54, 1.807) is 24.8 Å². The molecule has 0 aliphatic carbocycles. The SMILES string of the molecule is COc1ccc(NCc2ccc(SN(C)OC)cc2)c(C(=N)C(=O)Nc2ccc(N3CCCCC3)cc2)c1. The first-order valence-corrected chi connectivity index (χ1v) is 13.5. The van der Waals surface area contributed by atoms with E-state index in [-0.39, 0.29) is 5.71 Å². The molecule has 0 atom stereocenters. The van der Waals surface area contributed by atoms with Crippen molar-refractivity contribution in [1.29, 1.82) is 5.41 Å². The van der Waals surface area contributed by atoms with E-state index in [4.69, 9.17) is 15.0 Å². The standard InChI is InChI=1S/C29H35N5O3S/c1-33(37-3)38-25-14-7-21(8-15-25)20-31-27-16-13-24(36-2)19-26(27)28(30)29(35)32-22-9-11-23(12-10-22)34-17-5-4-6-18-34/h7-16,19,30-31H,4-6,17-18,20H2,1-3H3,(H,32,35). The number of hydroxylamine groups is 1. The van der Waals surface area contributed by atoms with E-state index >= 15 is 0 Å². The van der Waals surface area contributed by atoms with Crippen LogP contribution in [0.25, 0.3) is 0 Å². The zero-order chi connectivity index (χ0) is 26.9. The van der Waals surface area contributed by atoms with Gasteiger partial charge in [-0.25, -0.2) is 0 Å². The van der Waals surface area contributed by atoms with Crippen molar-refractivity contribution >= 4 is 40.6 Å². The van der Waals surface area contributed by atoms with Crippen LogP contribution in [0.15, 0.2) is 71.6 Å². The van der Waals surface area contributed by atoms with Crippen LogP contribution in [0.3, 0.4) is 0 Å². The molecule has 1 aliphatic rings. The lowest BCUT2D eigenvalue weighted by Gasteiger charge is -2.28. The number of hydrogen-bond donors (Lipinski definition) is 3. The number of nitrogens with one attached hydrogen (secondary N) is 3. The minimum atomic E-state index is -0.476. The first kappa shape index (κ1) is 27.5. The minimum absolute atomic E-state index is 0.138. The summed E-state index contributed by atoms with van der Waals surface area (Å²) in [7, 11) is 5.04.